The molecule has 0 aliphatic heterocycles. The monoisotopic (exact) mass is 401 g/mol. The molecule has 0 aromatic carbocycles. The van der Waals surface area contributed by atoms with Gasteiger partial charge in [-0.15, -0.1) is 24.0 Å². The number of hydrogen-bond donors (Lipinski definition) is 2. The van der Waals surface area contributed by atoms with Crippen molar-refractivity contribution in [2.75, 3.05) is 47.1 Å². The molecule has 0 aliphatic carbocycles. The van der Waals surface area contributed by atoms with Crippen LogP contribution in [0.1, 0.15) is 33.1 Å². The van der Waals surface area contributed by atoms with Gasteiger partial charge in [0.05, 0.1) is 19.8 Å². The molecule has 0 amide bonds. The number of hydrogen-bond acceptors (Lipinski definition) is 3. The predicted molar refractivity (Wildman–Crippen MR) is 96.2 cm³/mol. The van der Waals surface area contributed by atoms with Gasteiger partial charge in [-0.2, -0.15) is 0 Å². The second kappa shape index (κ2) is 17.0. The van der Waals surface area contributed by atoms with Gasteiger partial charge < -0.3 is 20.1 Å². The van der Waals surface area contributed by atoms with Crippen molar-refractivity contribution in [1.82, 2.24) is 10.6 Å². The van der Waals surface area contributed by atoms with E-state index in [0.717, 1.165) is 25.0 Å². The fourth-order valence-corrected chi connectivity index (χ4v) is 1.59. The smallest absolute Gasteiger partial charge is 0.191 e. The van der Waals surface area contributed by atoms with Crippen molar-refractivity contribution in [2.45, 2.75) is 33.1 Å². The molecule has 0 fully saturated rings. The summed E-state index contributed by atoms with van der Waals surface area (Å²) in [5.74, 6) is 1.64. The third-order valence-electron chi connectivity index (χ3n) is 2.69. The second-order valence-electron chi connectivity index (χ2n) is 4.92. The number of aliphatic imine (C=N–C) groups is 1. The Morgan fingerprint density at radius 3 is 2.35 bits per heavy atom. The molecule has 0 unspecified atom stereocenters. The normalized spacial score (nSPS) is 11.3. The Morgan fingerprint density at radius 1 is 1.05 bits per heavy atom. The Hall–Kier alpha value is -0.0800. The van der Waals surface area contributed by atoms with E-state index in [1.807, 2.05) is 0 Å². The highest BCUT2D eigenvalue weighted by molar-refractivity contribution is 14.0. The van der Waals surface area contributed by atoms with Crippen LogP contribution in [0.5, 0.6) is 0 Å². The fourth-order valence-electron chi connectivity index (χ4n) is 1.59. The van der Waals surface area contributed by atoms with Crippen molar-refractivity contribution in [1.29, 1.82) is 0 Å². The molecule has 6 heteroatoms. The SMILES string of the molecule is CN=C(NCCCCC(C)C)NCCOCCOC.I. The maximum Gasteiger partial charge on any atom is 0.191 e. The third kappa shape index (κ3) is 16.0. The van der Waals surface area contributed by atoms with Crippen molar-refractivity contribution in [3.63, 3.8) is 0 Å². The lowest BCUT2D eigenvalue weighted by atomic mass is 10.1. The highest BCUT2D eigenvalue weighted by Crippen LogP contribution is 2.04. The van der Waals surface area contributed by atoms with Gasteiger partial charge in [-0.1, -0.05) is 26.7 Å². The van der Waals surface area contributed by atoms with Gasteiger partial charge in [0.25, 0.3) is 0 Å². The number of nitrogens with one attached hydrogen (secondary N) is 2. The van der Waals surface area contributed by atoms with Gasteiger partial charge in [0.2, 0.25) is 0 Å². The Labute approximate surface area is 141 Å². The van der Waals surface area contributed by atoms with Crippen LogP contribution in [0.25, 0.3) is 0 Å². The van der Waals surface area contributed by atoms with Crippen molar-refractivity contribution in [2.24, 2.45) is 10.9 Å². The molecule has 0 heterocycles. The lowest BCUT2D eigenvalue weighted by molar-refractivity contribution is 0.0733. The first-order valence-electron chi connectivity index (χ1n) is 7.22. The van der Waals surface area contributed by atoms with Crippen LogP contribution < -0.4 is 10.6 Å². The van der Waals surface area contributed by atoms with E-state index >= 15 is 0 Å². The summed E-state index contributed by atoms with van der Waals surface area (Å²) in [6.45, 7) is 8.20. The number of rotatable bonds is 11. The van der Waals surface area contributed by atoms with E-state index < -0.39 is 0 Å². The zero-order valence-electron chi connectivity index (χ0n) is 13.4. The second-order valence-corrected chi connectivity index (χ2v) is 4.92. The largest absolute Gasteiger partial charge is 0.382 e. The highest BCUT2D eigenvalue weighted by Gasteiger charge is 1.97. The zero-order valence-corrected chi connectivity index (χ0v) is 15.7. The minimum atomic E-state index is 0. The average Bonchev–Trinajstić information content (AvgIpc) is 2.39. The van der Waals surface area contributed by atoms with Gasteiger partial charge in [0.15, 0.2) is 5.96 Å². The van der Waals surface area contributed by atoms with E-state index in [0.29, 0.717) is 19.8 Å². The van der Waals surface area contributed by atoms with E-state index in [-0.39, 0.29) is 24.0 Å². The molecule has 0 bridgehead atoms. The van der Waals surface area contributed by atoms with Gasteiger partial charge in [-0.3, -0.25) is 4.99 Å². The standard InChI is InChI=1S/C14H31N3O2.HI/c1-13(2)7-5-6-8-16-14(15-3)17-9-10-19-12-11-18-4;/h13H,5-12H2,1-4H3,(H2,15,16,17);1H. The van der Waals surface area contributed by atoms with Crippen LogP contribution in [0.15, 0.2) is 4.99 Å². The number of ether oxygens (including phenoxy) is 2. The summed E-state index contributed by atoms with van der Waals surface area (Å²) in [5.41, 5.74) is 0. The minimum absolute atomic E-state index is 0. The van der Waals surface area contributed by atoms with Gasteiger partial charge in [0, 0.05) is 27.2 Å². The van der Waals surface area contributed by atoms with E-state index in [1.165, 1.54) is 19.3 Å². The quantitative estimate of drug-likeness (QED) is 0.241. The molecule has 20 heavy (non-hydrogen) atoms. The fraction of sp³-hybridized carbons (Fsp3) is 0.929. The van der Waals surface area contributed by atoms with Crippen molar-refractivity contribution < 1.29 is 9.47 Å². The lowest BCUT2D eigenvalue weighted by Gasteiger charge is -2.12. The van der Waals surface area contributed by atoms with Crippen LogP contribution in [0, 0.1) is 5.92 Å². The van der Waals surface area contributed by atoms with Crippen LogP contribution in [0.4, 0.5) is 0 Å². The van der Waals surface area contributed by atoms with Crippen LogP contribution in [0.2, 0.25) is 0 Å². The molecule has 0 aliphatic rings. The molecule has 0 saturated carbocycles. The van der Waals surface area contributed by atoms with Crippen LogP contribution in [-0.4, -0.2) is 53.0 Å². The van der Waals surface area contributed by atoms with Crippen LogP contribution in [-0.2, 0) is 9.47 Å². The topological polar surface area (TPSA) is 54.9 Å². The Balaban J connectivity index is 0. The van der Waals surface area contributed by atoms with E-state index in [2.05, 4.69) is 29.5 Å². The summed E-state index contributed by atoms with van der Waals surface area (Å²) in [7, 11) is 3.46. The summed E-state index contributed by atoms with van der Waals surface area (Å²) in [4.78, 5) is 4.17. The highest BCUT2D eigenvalue weighted by atomic mass is 127. The van der Waals surface area contributed by atoms with Gasteiger partial charge in [-0.05, 0) is 12.3 Å². The van der Waals surface area contributed by atoms with Gasteiger partial charge in [-0.25, -0.2) is 0 Å². The first-order chi connectivity index (χ1) is 9.20. The van der Waals surface area contributed by atoms with Gasteiger partial charge in [0.1, 0.15) is 0 Å². The molecule has 0 spiro atoms. The molecule has 5 nitrogen and oxygen atoms in total. The molecule has 122 valence electrons. The maximum atomic E-state index is 5.37. The molecular formula is C14H32IN3O2. The predicted octanol–water partition coefficient (Wildman–Crippen LogP) is 2.26. The van der Waals surface area contributed by atoms with Crippen molar-refractivity contribution >= 4 is 29.9 Å². The Bertz CT molecular complexity index is 226. The number of nitrogens with zero attached hydrogens (tertiary/aromatic N) is 1. The maximum absolute atomic E-state index is 5.37. The molecular weight excluding hydrogens is 369 g/mol. The minimum Gasteiger partial charge on any atom is -0.382 e. The molecule has 0 aromatic rings. The van der Waals surface area contributed by atoms with Crippen LogP contribution in [0.3, 0.4) is 0 Å². The number of halogens is 1. The summed E-state index contributed by atoms with van der Waals surface area (Å²) in [5, 5.41) is 6.52. The molecule has 0 saturated heterocycles. The third-order valence-corrected chi connectivity index (χ3v) is 2.69. The summed E-state index contributed by atoms with van der Waals surface area (Å²) < 4.78 is 10.3. The number of methoxy groups -OCH3 is 1. The summed E-state index contributed by atoms with van der Waals surface area (Å²) >= 11 is 0. The first kappa shape index (κ1) is 22.2. The van der Waals surface area contributed by atoms with Crippen molar-refractivity contribution in [3.8, 4) is 0 Å². The number of guanidine groups is 1. The van der Waals surface area contributed by atoms with E-state index in [4.69, 9.17) is 9.47 Å². The Kier molecular flexibility index (Phi) is 18.8. The molecule has 0 rings (SSSR count). The molecule has 0 radical (unpaired) electrons. The first-order valence-corrected chi connectivity index (χ1v) is 7.22. The zero-order chi connectivity index (χ0) is 14.3. The average molecular weight is 401 g/mol. The van der Waals surface area contributed by atoms with E-state index in [1.54, 1.807) is 14.2 Å². The molecule has 0 aromatic heterocycles. The lowest BCUT2D eigenvalue weighted by Crippen LogP contribution is -2.39. The Morgan fingerprint density at radius 2 is 1.75 bits per heavy atom. The van der Waals surface area contributed by atoms with Crippen molar-refractivity contribution in [3.05, 3.63) is 0 Å². The summed E-state index contributed by atoms with van der Waals surface area (Å²) in [6.07, 6.45) is 3.74. The van der Waals surface area contributed by atoms with E-state index in [9.17, 15) is 0 Å². The number of unbranched alkanes of at least 4 members (excludes halogenated alkanes) is 1. The summed E-state index contributed by atoms with van der Waals surface area (Å²) in [6, 6.07) is 0. The molecule has 0 atom stereocenters. The van der Waals surface area contributed by atoms with Crippen LogP contribution >= 0.6 is 24.0 Å². The van der Waals surface area contributed by atoms with Gasteiger partial charge >= 0.3 is 0 Å². The molecule has 2 N–H and O–H groups in total.